The first-order chi connectivity index (χ1) is 14.9. The number of aromatic nitrogens is 1. The molecule has 3 amide bonds. The molecule has 0 saturated carbocycles. The fraction of sp³-hybridized carbons (Fsp3) is 0.545. The number of ether oxygens (including phenoxy) is 1. The van der Waals surface area contributed by atoms with E-state index < -0.39 is 23.1 Å². The molecule has 0 aromatic carbocycles. The van der Waals surface area contributed by atoms with Crippen LogP contribution >= 0.6 is 0 Å². The minimum absolute atomic E-state index is 0.0133. The molecular formula is C22H25N5O4. The molecule has 162 valence electrons. The molecule has 9 heteroatoms. The maximum Gasteiger partial charge on any atom is 0.256 e. The van der Waals surface area contributed by atoms with Gasteiger partial charge in [0.2, 0.25) is 11.8 Å². The fourth-order valence-electron chi connectivity index (χ4n) is 6.15. The van der Waals surface area contributed by atoms with Gasteiger partial charge < -0.3 is 24.8 Å². The Kier molecular flexibility index (Phi) is 3.68. The van der Waals surface area contributed by atoms with Gasteiger partial charge in [0.15, 0.2) is 0 Å². The minimum atomic E-state index is -0.652. The molecule has 6 rings (SSSR count). The summed E-state index contributed by atoms with van der Waals surface area (Å²) in [4.78, 5) is 48.9. The van der Waals surface area contributed by atoms with Crippen LogP contribution in [0.5, 0.6) is 0 Å². The molecule has 9 nitrogen and oxygen atoms in total. The quantitative estimate of drug-likeness (QED) is 0.639. The number of piperidine rings is 1. The van der Waals surface area contributed by atoms with E-state index in [4.69, 9.17) is 4.74 Å². The molecule has 2 spiro atoms. The van der Waals surface area contributed by atoms with Crippen molar-refractivity contribution in [1.82, 2.24) is 20.1 Å². The molecule has 1 N–H and O–H groups in total. The van der Waals surface area contributed by atoms with Crippen molar-refractivity contribution >= 4 is 23.5 Å². The number of carbonyl (C=O) groups is 3. The highest BCUT2D eigenvalue weighted by Gasteiger charge is 2.66. The van der Waals surface area contributed by atoms with Gasteiger partial charge in [0.25, 0.3) is 5.91 Å². The van der Waals surface area contributed by atoms with E-state index in [2.05, 4.69) is 10.3 Å². The van der Waals surface area contributed by atoms with E-state index in [1.54, 1.807) is 30.3 Å². The predicted octanol–water partition coefficient (Wildman–Crippen LogP) is -0.00830. The van der Waals surface area contributed by atoms with Gasteiger partial charge in [-0.25, -0.2) is 4.98 Å². The van der Waals surface area contributed by atoms with Crippen LogP contribution < -0.4 is 10.2 Å². The smallest absolute Gasteiger partial charge is 0.256 e. The Labute approximate surface area is 180 Å². The Hall–Kier alpha value is -2.94. The minimum Gasteiger partial charge on any atom is -0.360 e. The van der Waals surface area contributed by atoms with Crippen LogP contribution in [0.4, 0.5) is 5.82 Å². The Bertz CT molecular complexity index is 1030. The molecule has 6 heterocycles. The third-order valence-corrected chi connectivity index (χ3v) is 7.81. The summed E-state index contributed by atoms with van der Waals surface area (Å²) in [6.07, 6.45) is 6.45. The number of fused-ring (bicyclic) bond motifs is 2. The number of likely N-dealkylation sites (N-methyl/N-ethyl adjacent to an activating group) is 1. The Morgan fingerprint density at radius 1 is 1.26 bits per heavy atom. The van der Waals surface area contributed by atoms with Crippen molar-refractivity contribution in [2.45, 2.75) is 30.2 Å². The maximum atomic E-state index is 13.5. The summed E-state index contributed by atoms with van der Waals surface area (Å²) >= 11 is 0. The first-order valence-electron chi connectivity index (χ1n) is 10.8. The zero-order valence-electron chi connectivity index (χ0n) is 17.6. The molecule has 0 radical (unpaired) electrons. The predicted molar refractivity (Wildman–Crippen MR) is 110 cm³/mol. The highest BCUT2D eigenvalue weighted by molar-refractivity contribution is 6.01. The number of hydrogen-bond acceptors (Lipinski definition) is 6. The van der Waals surface area contributed by atoms with Gasteiger partial charge in [0, 0.05) is 46.2 Å². The number of nitrogens with one attached hydrogen (secondary N) is 1. The van der Waals surface area contributed by atoms with Crippen molar-refractivity contribution in [3.8, 4) is 0 Å². The van der Waals surface area contributed by atoms with Crippen molar-refractivity contribution in [2.75, 3.05) is 38.6 Å². The molecule has 5 aliphatic rings. The second-order valence-corrected chi connectivity index (χ2v) is 9.34. The summed E-state index contributed by atoms with van der Waals surface area (Å²) in [7, 11) is 3.70. The van der Waals surface area contributed by atoms with Crippen LogP contribution in [0.1, 0.15) is 23.2 Å². The SMILES string of the molecule is CN1C[C@@]23C=C[C@@H](O2)[C@H](C(=O)N2CCC4(CC2)NC(=O)c2cccnc2N4C)[C@H]3C1=O. The average Bonchev–Trinajstić information content (AvgIpc) is 3.40. The van der Waals surface area contributed by atoms with Gasteiger partial charge in [-0.05, 0) is 12.1 Å². The van der Waals surface area contributed by atoms with Gasteiger partial charge in [-0.3, -0.25) is 14.4 Å². The van der Waals surface area contributed by atoms with Crippen LogP contribution in [0, 0.1) is 11.8 Å². The fourth-order valence-corrected chi connectivity index (χ4v) is 6.15. The van der Waals surface area contributed by atoms with Crippen molar-refractivity contribution < 1.29 is 19.1 Å². The van der Waals surface area contributed by atoms with Crippen molar-refractivity contribution in [3.63, 3.8) is 0 Å². The van der Waals surface area contributed by atoms with Crippen LogP contribution in [0.25, 0.3) is 0 Å². The van der Waals surface area contributed by atoms with Crippen LogP contribution in [0.2, 0.25) is 0 Å². The number of anilines is 1. The van der Waals surface area contributed by atoms with E-state index in [1.165, 1.54) is 0 Å². The zero-order chi connectivity index (χ0) is 21.5. The van der Waals surface area contributed by atoms with Gasteiger partial charge in [-0.1, -0.05) is 12.2 Å². The number of hydrogen-bond donors (Lipinski definition) is 1. The molecule has 4 atom stereocenters. The highest BCUT2D eigenvalue weighted by atomic mass is 16.5. The van der Waals surface area contributed by atoms with Crippen LogP contribution in [0.15, 0.2) is 30.5 Å². The lowest BCUT2D eigenvalue weighted by Gasteiger charge is -2.51. The van der Waals surface area contributed by atoms with Crippen LogP contribution in [0.3, 0.4) is 0 Å². The number of nitrogens with zero attached hydrogens (tertiary/aromatic N) is 4. The molecule has 3 fully saturated rings. The topological polar surface area (TPSA) is 95.1 Å². The molecule has 3 saturated heterocycles. The Balaban J connectivity index is 1.22. The first-order valence-corrected chi connectivity index (χ1v) is 10.8. The highest BCUT2D eigenvalue weighted by Crippen LogP contribution is 2.52. The lowest BCUT2D eigenvalue weighted by atomic mass is 9.76. The normalized spacial score (nSPS) is 34.9. The van der Waals surface area contributed by atoms with Gasteiger partial charge in [0.05, 0.1) is 30.0 Å². The molecule has 5 aliphatic heterocycles. The number of amides is 3. The summed E-state index contributed by atoms with van der Waals surface area (Å²) in [6, 6.07) is 3.53. The molecule has 0 unspecified atom stereocenters. The van der Waals surface area contributed by atoms with E-state index >= 15 is 0 Å². The summed E-state index contributed by atoms with van der Waals surface area (Å²) in [6.45, 7) is 1.50. The lowest BCUT2D eigenvalue weighted by molar-refractivity contribution is -0.144. The summed E-state index contributed by atoms with van der Waals surface area (Å²) < 4.78 is 6.13. The van der Waals surface area contributed by atoms with Gasteiger partial charge in [0.1, 0.15) is 17.1 Å². The maximum absolute atomic E-state index is 13.5. The summed E-state index contributed by atoms with van der Waals surface area (Å²) in [5.74, 6) is -0.418. The second kappa shape index (κ2) is 6.06. The number of likely N-dealkylation sites (tertiary alicyclic amines) is 2. The average molecular weight is 423 g/mol. The molecule has 1 aromatic rings. The summed E-state index contributed by atoms with van der Waals surface area (Å²) in [5, 5.41) is 3.15. The van der Waals surface area contributed by atoms with Crippen molar-refractivity contribution in [3.05, 3.63) is 36.0 Å². The first kappa shape index (κ1) is 18.8. The monoisotopic (exact) mass is 423 g/mol. The van der Waals surface area contributed by atoms with E-state index in [-0.39, 0.29) is 23.8 Å². The van der Waals surface area contributed by atoms with Gasteiger partial charge >= 0.3 is 0 Å². The third kappa shape index (κ3) is 2.35. The van der Waals surface area contributed by atoms with E-state index in [1.807, 2.05) is 29.0 Å². The lowest BCUT2D eigenvalue weighted by Crippen LogP contribution is -2.67. The van der Waals surface area contributed by atoms with Gasteiger partial charge in [-0.2, -0.15) is 0 Å². The Morgan fingerprint density at radius 3 is 2.81 bits per heavy atom. The van der Waals surface area contributed by atoms with E-state index in [0.29, 0.717) is 43.9 Å². The van der Waals surface area contributed by atoms with E-state index in [0.717, 1.165) is 0 Å². The van der Waals surface area contributed by atoms with Crippen LogP contribution in [-0.2, 0) is 14.3 Å². The number of carbonyl (C=O) groups excluding carboxylic acids is 3. The van der Waals surface area contributed by atoms with Crippen LogP contribution in [-0.4, -0.2) is 83.6 Å². The molecule has 1 aromatic heterocycles. The number of rotatable bonds is 1. The molecule has 0 aliphatic carbocycles. The standard InChI is InChI=1S/C22H25N5O4/c1-25-12-21-6-5-14(31-21)15(16(21)20(25)30)19(29)27-10-7-22(8-11-27)24-18(28)13-4-3-9-23-17(13)26(22)2/h3-6,9,14-16H,7-8,10-12H2,1-2H3,(H,24,28)/t14-,15+,16+,21-/m1/s1. The second-order valence-electron chi connectivity index (χ2n) is 9.34. The van der Waals surface area contributed by atoms with Crippen molar-refractivity contribution in [1.29, 1.82) is 0 Å². The van der Waals surface area contributed by atoms with Crippen molar-refractivity contribution in [2.24, 2.45) is 11.8 Å². The molecule has 31 heavy (non-hydrogen) atoms. The largest absolute Gasteiger partial charge is 0.360 e. The zero-order valence-corrected chi connectivity index (χ0v) is 17.6. The molecule has 2 bridgehead atoms. The van der Waals surface area contributed by atoms with Gasteiger partial charge in [-0.15, -0.1) is 0 Å². The molecular weight excluding hydrogens is 398 g/mol. The van der Waals surface area contributed by atoms with E-state index in [9.17, 15) is 14.4 Å². The third-order valence-electron chi connectivity index (χ3n) is 7.81. The summed E-state index contributed by atoms with van der Waals surface area (Å²) in [5.41, 5.74) is -0.652. The Morgan fingerprint density at radius 2 is 2.03 bits per heavy atom. The number of pyridine rings is 1.